The Hall–Kier alpha value is -1.83. The third-order valence-corrected chi connectivity index (χ3v) is 6.23. The number of carbonyl (C=O) groups is 2. The van der Waals surface area contributed by atoms with E-state index in [1.807, 2.05) is 0 Å². The molecule has 2 aliphatic rings. The topological polar surface area (TPSA) is 86.8 Å². The van der Waals surface area contributed by atoms with Crippen LogP contribution >= 0.6 is 0 Å². The number of allylic oxidation sites excluding steroid dienone is 1. The fraction of sp³-hybridized carbons (Fsp3) is 0.625. The molecular weight excluding hydrogens is 330 g/mol. The summed E-state index contributed by atoms with van der Waals surface area (Å²) >= 11 is 0. The van der Waals surface area contributed by atoms with Gasteiger partial charge >= 0.3 is 10.2 Å². The Kier molecular flexibility index (Phi) is 6.04. The molecule has 1 heterocycles. The lowest BCUT2D eigenvalue weighted by molar-refractivity contribution is -0.131. The molecule has 1 N–H and O–H groups in total. The Morgan fingerprint density at radius 2 is 1.75 bits per heavy atom. The SMILES string of the molecule is CCN1C(=O)C(=CNCCC2=CCCCC2)C(=O)N(CC)S1(=O)=O. The molecule has 1 fully saturated rings. The van der Waals surface area contributed by atoms with Gasteiger partial charge in [-0.15, -0.1) is 0 Å². The minimum absolute atomic E-state index is 0.00479. The zero-order valence-electron chi connectivity index (χ0n) is 14.2. The van der Waals surface area contributed by atoms with Gasteiger partial charge in [-0.3, -0.25) is 9.59 Å². The van der Waals surface area contributed by atoms with E-state index in [4.69, 9.17) is 0 Å². The van der Waals surface area contributed by atoms with Gasteiger partial charge in [-0.1, -0.05) is 11.6 Å². The number of carbonyl (C=O) groups excluding carboxylic acids is 2. The first-order valence-electron chi connectivity index (χ1n) is 8.44. The fourth-order valence-corrected chi connectivity index (χ4v) is 4.47. The molecule has 24 heavy (non-hydrogen) atoms. The third kappa shape index (κ3) is 3.63. The van der Waals surface area contributed by atoms with Crippen molar-refractivity contribution >= 4 is 22.0 Å². The molecule has 0 aromatic carbocycles. The first-order chi connectivity index (χ1) is 11.4. The van der Waals surface area contributed by atoms with Crippen LogP contribution < -0.4 is 5.32 Å². The highest BCUT2D eigenvalue weighted by Crippen LogP contribution is 2.22. The standard InChI is InChI=1S/C16H25N3O4S/c1-3-18-15(20)14(16(21)19(4-2)24(18,22)23)12-17-11-10-13-8-6-5-7-9-13/h8,12,17H,3-7,9-11H2,1-2H3. The molecule has 0 spiro atoms. The monoisotopic (exact) mass is 355 g/mol. The van der Waals surface area contributed by atoms with Crippen molar-refractivity contribution < 1.29 is 18.0 Å². The second-order valence-electron chi connectivity index (χ2n) is 5.82. The van der Waals surface area contributed by atoms with Gasteiger partial charge in [0.25, 0.3) is 11.8 Å². The van der Waals surface area contributed by atoms with Gasteiger partial charge in [0, 0.05) is 25.8 Å². The van der Waals surface area contributed by atoms with E-state index in [1.54, 1.807) is 13.8 Å². The van der Waals surface area contributed by atoms with Crippen LogP contribution in [0, 0.1) is 0 Å². The van der Waals surface area contributed by atoms with E-state index in [-0.39, 0.29) is 18.7 Å². The van der Waals surface area contributed by atoms with Crippen LogP contribution in [-0.4, -0.2) is 48.5 Å². The van der Waals surface area contributed by atoms with Crippen molar-refractivity contribution in [3.63, 3.8) is 0 Å². The minimum atomic E-state index is -4.05. The summed E-state index contributed by atoms with van der Waals surface area (Å²) in [4.78, 5) is 24.6. The van der Waals surface area contributed by atoms with E-state index < -0.39 is 22.0 Å². The highest BCUT2D eigenvalue weighted by molar-refractivity contribution is 7.88. The largest absolute Gasteiger partial charge is 0.390 e. The number of hydrogen-bond acceptors (Lipinski definition) is 5. The Morgan fingerprint density at radius 1 is 1.12 bits per heavy atom. The zero-order chi connectivity index (χ0) is 17.7. The van der Waals surface area contributed by atoms with E-state index >= 15 is 0 Å². The summed E-state index contributed by atoms with van der Waals surface area (Å²) in [5, 5.41) is 2.99. The van der Waals surface area contributed by atoms with Crippen molar-refractivity contribution in [2.24, 2.45) is 0 Å². The predicted molar refractivity (Wildman–Crippen MR) is 90.9 cm³/mol. The predicted octanol–water partition coefficient (Wildman–Crippen LogP) is 1.31. The number of nitrogens with zero attached hydrogens (tertiary/aromatic N) is 2. The lowest BCUT2D eigenvalue weighted by Gasteiger charge is -2.34. The molecule has 7 nitrogen and oxygen atoms in total. The molecule has 0 saturated carbocycles. The Bertz CT molecular complexity index is 635. The van der Waals surface area contributed by atoms with Gasteiger partial charge in [-0.05, 0) is 46.0 Å². The lowest BCUT2D eigenvalue weighted by Crippen LogP contribution is -2.56. The Balaban J connectivity index is 2.08. The van der Waals surface area contributed by atoms with Gasteiger partial charge in [0.05, 0.1) is 0 Å². The van der Waals surface area contributed by atoms with Crippen LogP contribution in [0.4, 0.5) is 0 Å². The van der Waals surface area contributed by atoms with Crippen molar-refractivity contribution in [2.75, 3.05) is 19.6 Å². The molecule has 8 heteroatoms. The van der Waals surface area contributed by atoms with Crippen LogP contribution in [0.25, 0.3) is 0 Å². The molecule has 0 aromatic heterocycles. The van der Waals surface area contributed by atoms with E-state index in [9.17, 15) is 18.0 Å². The molecule has 1 saturated heterocycles. The third-order valence-electron chi connectivity index (χ3n) is 4.27. The average Bonchev–Trinajstić information content (AvgIpc) is 2.55. The molecule has 1 aliphatic heterocycles. The van der Waals surface area contributed by atoms with Gasteiger partial charge in [0.2, 0.25) is 0 Å². The minimum Gasteiger partial charge on any atom is -0.390 e. The summed E-state index contributed by atoms with van der Waals surface area (Å²) in [6, 6.07) is 0. The van der Waals surface area contributed by atoms with Crippen LogP contribution in [0.3, 0.4) is 0 Å². The second-order valence-corrected chi connectivity index (χ2v) is 7.60. The van der Waals surface area contributed by atoms with E-state index in [0.717, 1.165) is 27.9 Å². The summed E-state index contributed by atoms with van der Waals surface area (Å²) < 4.78 is 25.9. The van der Waals surface area contributed by atoms with Crippen molar-refractivity contribution in [2.45, 2.75) is 46.0 Å². The maximum atomic E-state index is 12.3. The van der Waals surface area contributed by atoms with E-state index in [0.29, 0.717) is 6.54 Å². The van der Waals surface area contributed by atoms with Gasteiger partial charge in [0.15, 0.2) is 0 Å². The smallest absolute Gasteiger partial charge is 0.331 e. The molecule has 134 valence electrons. The van der Waals surface area contributed by atoms with Gasteiger partial charge in [-0.2, -0.15) is 8.42 Å². The Labute approximate surface area is 143 Å². The maximum absolute atomic E-state index is 12.3. The van der Waals surface area contributed by atoms with Crippen LogP contribution in [0.2, 0.25) is 0 Å². The highest BCUT2D eigenvalue weighted by atomic mass is 32.2. The zero-order valence-corrected chi connectivity index (χ0v) is 15.1. The van der Waals surface area contributed by atoms with Gasteiger partial charge in [-0.25, -0.2) is 8.61 Å². The summed E-state index contributed by atoms with van der Waals surface area (Å²) in [5.41, 5.74) is 1.26. The molecule has 0 atom stereocenters. The number of hydrogen-bond donors (Lipinski definition) is 1. The van der Waals surface area contributed by atoms with Crippen molar-refractivity contribution in [3.05, 3.63) is 23.4 Å². The quantitative estimate of drug-likeness (QED) is 0.336. The molecule has 2 rings (SSSR count). The summed E-state index contributed by atoms with van der Waals surface area (Å²) in [6.07, 6.45) is 9.12. The summed E-state index contributed by atoms with van der Waals surface area (Å²) in [6.45, 7) is 3.74. The molecular formula is C16H25N3O4S. The van der Waals surface area contributed by atoms with E-state index in [1.165, 1.54) is 24.6 Å². The van der Waals surface area contributed by atoms with Crippen molar-refractivity contribution in [1.29, 1.82) is 0 Å². The van der Waals surface area contributed by atoms with Crippen molar-refractivity contribution in [1.82, 2.24) is 13.9 Å². The summed E-state index contributed by atoms with van der Waals surface area (Å²) in [5.74, 6) is -1.53. The van der Waals surface area contributed by atoms with Gasteiger partial charge in [0.1, 0.15) is 5.57 Å². The average molecular weight is 355 g/mol. The lowest BCUT2D eigenvalue weighted by atomic mass is 9.97. The van der Waals surface area contributed by atoms with E-state index in [2.05, 4.69) is 11.4 Å². The van der Waals surface area contributed by atoms with Gasteiger partial charge < -0.3 is 5.32 Å². The second kappa shape index (κ2) is 7.83. The first-order valence-corrected chi connectivity index (χ1v) is 9.83. The number of nitrogens with one attached hydrogen (secondary N) is 1. The molecule has 0 aromatic rings. The van der Waals surface area contributed by atoms with Crippen LogP contribution in [-0.2, 0) is 19.8 Å². The Morgan fingerprint density at radius 3 is 2.25 bits per heavy atom. The molecule has 1 aliphatic carbocycles. The van der Waals surface area contributed by atoms with Crippen LogP contribution in [0.5, 0.6) is 0 Å². The normalized spacial score (nSPS) is 20.9. The maximum Gasteiger partial charge on any atom is 0.331 e. The highest BCUT2D eigenvalue weighted by Gasteiger charge is 2.45. The van der Waals surface area contributed by atoms with Crippen molar-refractivity contribution in [3.8, 4) is 0 Å². The van der Waals surface area contributed by atoms with Crippen LogP contribution in [0.1, 0.15) is 46.0 Å². The molecule has 0 bridgehead atoms. The molecule has 2 amide bonds. The number of rotatable bonds is 6. The number of likely N-dealkylation sites (N-methyl/N-ethyl adjacent to an activating group) is 2. The van der Waals surface area contributed by atoms with Crippen LogP contribution in [0.15, 0.2) is 23.4 Å². The first kappa shape index (κ1) is 18.5. The molecule has 0 unspecified atom stereocenters. The number of amides is 2. The molecule has 0 radical (unpaired) electrons. The fourth-order valence-electron chi connectivity index (χ4n) is 2.96. The summed E-state index contributed by atoms with van der Waals surface area (Å²) in [7, 11) is -4.05.